The summed E-state index contributed by atoms with van der Waals surface area (Å²) in [4.78, 5) is 11.7. The molecule has 0 radical (unpaired) electrons. The SMILES string of the molecule is O=C1Nc2ccccc2Nc2cn[nH]c21. The van der Waals surface area contributed by atoms with Crippen molar-refractivity contribution < 1.29 is 4.79 Å². The molecule has 1 aromatic heterocycles. The van der Waals surface area contributed by atoms with Crippen LogP contribution in [0, 0.1) is 0 Å². The Kier molecular flexibility index (Phi) is 1.53. The van der Waals surface area contributed by atoms with Gasteiger partial charge in [0.2, 0.25) is 0 Å². The summed E-state index contributed by atoms with van der Waals surface area (Å²) in [5.41, 5.74) is 2.78. The molecule has 3 rings (SSSR count). The number of aromatic amines is 1. The molecule has 74 valence electrons. The Morgan fingerprint density at radius 1 is 1.00 bits per heavy atom. The number of anilines is 3. The molecule has 1 aromatic carbocycles. The highest BCUT2D eigenvalue weighted by molar-refractivity contribution is 6.10. The third kappa shape index (κ3) is 1.17. The average molecular weight is 200 g/mol. The number of nitrogens with one attached hydrogen (secondary N) is 3. The summed E-state index contributed by atoms with van der Waals surface area (Å²) in [6, 6.07) is 7.53. The minimum Gasteiger partial charge on any atom is -0.351 e. The Morgan fingerprint density at radius 2 is 1.73 bits per heavy atom. The molecule has 2 aromatic rings. The van der Waals surface area contributed by atoms with Gasteiger partial charge in [-0.25, -0.2) is 0 Å². The molecule has 0 saturated carbocycles. The number of benzene rings is 1. The summed E-state index contributed by atoms with van der Waals surface area (Å²) >= 11 is 0. The summed E-state index contributed by atoms with van der Waals surface area (Å²) in [5, 5.41) is 12.4. The molecule has 5 heteroatoms. The van der Waals surface area contributed by atoms with Gasteiger partial charge in [0.1, 0.15) is 5.69 Å². The lowest BCUT2D eigenvalue weighted by Gasteiger charge is -2.05. The van der Waals surface area contributed by atoms with Crippen LogP contribution in [0.4, 0.5) is 17.1 Å². The largest absolute Gasteiger partial charge is 0.351 e. The van der Waals surface area contributed by atoms with E-state index in [9.17, 15) is 4.79 Å². The molecule has 2 heterocycles. The van der Waals surface area contributed by atoms with E-state index in [1.807, 2.05) is 24.3 Å². The molecule has 1 aliphatic rings. The van der Waals surface area contributed by atoms with Gasteiger partial charge in [-0.15, -0.1) is 0 Å². The number of para-hydroxylation sites is 2. The Balaban J connectivity index is 2.18. The Hall–Kier alpha value is -2.30. The van der Waals surface area contributed by atoms with Crippen LogP contribution in [0.15, 0.2) is 30.5 Å². The smallest absolute Gasteiger partial charge is 0.275 e. The first-order valence-electron chi connectivity index (χ1n) is 4.55. The molecule has 3 N–H and O–H groups in total. The fourth-order valence-electron chi connectivity index (χ4n) is 1.59. The van der Waals surface area contributed by atoms with Gasteiger partial charge in [-0.1, -0.05) is 12.1 Å². The molecule has 0 bridgehead atoms. The first kappa shape index (κ1) is 8.05. The van der Waals surface area contributed by atoms with Crippen molar-refractivity contribution in [2.24, 2.45) is 0 Å². The highest BCUT2D eigenvalue weighted by Gasteiger charge is 2.19. The van der Waals surface area contributed by atoms with Gasteiger partial charge in [0.05, 0.1) is 23.3 Å². The summed E-state index contributed by atoms with van der Waals surface area (Å²) in [5.74, 6) is -0.181. The number of hydrogen-bond acceptors (Lipinski definition) is 3. The van der Waals surface area contributed by atoms with Crippen molar-refractivity contribution >= 4 is 23.0 Å². The number of H-pyrrole nitrogens is 1. The molecule has 15 heavy (non-hydrogen) atoms. The molecule has 1 aliphatic heterocycles. The van der Waals surface area contributed by atoms with E-state index in [-0.39, 0.29) is 5.91 Å². The lowest BCUT2D eigenvalue weighted by atomic mass is 10.2. The fraction of sp³-hybridized carbons (Fsp3) is 0. The second-order valence-corrected chi connectivity index (χ2v) is 3.28. The van der Waals surface area contributed by atoms with Crippen LogP contribution < -0.4 is 10.6 Å². The number of carbonyl (C=O) groups excluding carboxylic acids is 1. The first-order valence-corrected chi connectivity index (χ1v) is 4.55. The van der Waals surface area contributed by atoms with Crippen molar-refractivity contribution in [2.75, 3.05) is 10.6 Å². The monoisotopic (exact) mass is 200 g/mol. The number of aromatic nitrogens is 2. The van der Waals surface area contributed by atoms with Gasteiger partial charge in [-0.05, 0) is 12.1 Å². The third-order valence-electron chi connectivity index (χ3n) is 2.31. The standard InChI is InChI=1S/C10H8N4O/c15-10-9-8(5-11-14-9)12-6-3-1-2-4-7(6)13-10/h1-5,12H,(H,11,14)(H,13,15). The van der Waals surface area contributed by atoms with Crippen LogP contribution in [0.2, 0.25) is 0 Å². The predicted molar refractivity (Wildman–Crippen MR) is 56.3 cm³/mol. The summed E-state index contributed by atoms with van der Waals surface area (Å²) in [6.45, 7) is 0. The van der Waals surface area contributed by atoms with Gasteiger partial charge < -0.3 is 10.6 Å². The number of carbonyl (C=O) groups is 1. The normalized spacial score (nSPS) is 13.2. The maximum absolute atomic E-state index is 11.7. The average Bonchev–Trinajstić information content (AvgIpc) is 2.64. The Labute approximate surface area is 85.5 Å². The van der Waals surface area contributed by atoms with Crippen LogP contribution in [-0.2, 0) is 0 Å². The van der Waals surface area contributed by atoms with Crippen LogP contribution in [0.5, 0.6) is 0 Å². The van der Waals surface area contributed by atoms with Gasteiger partial charge in [-0.2, -0.15) is 5.10 Å². The molecule has 5 nitrogen and oxygen atoms in total. The van der Waals surface area contributed by atoms with Crippen molar-refractivity contribution in [2.45, 2.75) is 0 Å². The Morgan fingerprint density at radius 3 is 2.53 bits per heavy atom. The summed E-state index contributed by atoms with van der Waals surface area (Å²) in [6.07, 6.45) is 1.59. The molecule has 0 aliphatic carbocycles. The minimum atomic E-state index is -0.181. The van der Waals surface area contributed by atoms with E-state index in [1.54, 1.807) is 6.20 Å². The number of nitrogens with zero attached hydrogens (tertiary/aromatic N) is 1. The van der Waals surface area contributed by atoms with Crippen molar-refractivity contribution in [1.82, 2.24) is 10.2 Å². The zero-order valence-corrected chi connectivity index (χ0v) is 7.74. The zero-order chi connectivity index (χ0) is 10.3. The third-order valence-corrected chi connectivity index (χ3v) is 2.31. The van der Waals surface area contributed by atoms with Crippen LogP contribution in [0.3, 0.4) is 0 Å². The summed E-state index contributed by atoms with van der Waals surface area (Å²) in [7, 11) is 0. The number of rotatable bonds is 0. The van der Waals surface area contributed by atoms with Crippen LogP contribution in [0.1, 0.15) is 10.5 Å². The molecule has 0 saturated heterocycles. The number of fused-ring (bicyclic) bond motifs is 2. The van der Waals surface area contributed by atoms with Crippen LogP contribution in [-0.4, -0.2) is 16.1 Å². The van der Waals surface area contributed by atoms with E-state index < -0.39 is 0 Å². The van der Waals surface area contributed by atoms with Crippen molar-refractivity contribution in [3.8, 4) is 0 Å². The molecule has 0 unspecified atom stereocenters. The van der Waals surface area contributed by atoms with E-state index in [0.29, 0.717) is 11.4 Å². The van der Waals surface area contributed by atoms with Gasteiger partial charge in [0.25, 0.3) is 5.91 Å². The quantitative estimate of drug-likeness (QED) is 0.606. The van der Waals surface area contributed by atoms with Crippen LogP contribution >= 0.6 is 0 Å². The molecule has 0 fully saturated rings. The maximum Gasteiger partial charge on any atom is 0.275 e. The van der Waals surface area contributed by atoms with Crippen molar-refractivity contribution in [3.05, 3.63) is 36.2 Å². The van der Waals surface area contributed by atoms with Gasteiger partial charge >= 0.3 is 0 Å². The van der Waals surface area contributed by atoms with Crippen molar-refractivity contribution in [3.63, 3.8) is 0 Å². The van der Waals surface area contributed by atoms with E-state index in [1.165, 1.54) is 0 Å². The lowest BCUT2D eigenvalue weighted by Crippen LogP contribution is -2.11. The lowest BCUT2D eigenvalue weighted by molar-refractivity contribution is 0.102. The molecular weight excluding hydrogens is 192 g/mol. The molecular formula is C10H8N4O. The maximum atomic E-state index is 11.7. The van der Waals surface area contributed by atoms with E-state index in [0.717, 1.165) is 11.4 Å². The second-order valence-electron chi connectivity index (χ2n) is 3.28. The topological polar surface area (TPSA) is 69.8 Å². The van der Waals surface area contributed by atoms with Gasteiger partial charge in [-0.3, -0.25) is 9.89 Å². The number of amides is 1. The first-order chi connectivity index (χ1) is 7.34. The fourth-order valence-corrected chi connectivity index (χ4v) is 1.59. The second kappa shape index (κ2) is 2.84. The Bertz CT molecular complexity index is 532. The molecule has 0 spiro atoms. The molecule has 1 amide bonds. The van der Waals surface area contributed by atoms with E-state index in [4.69, 9.17) is 0 Å². The van der Waals surface area contributed by atoms with E-state index >= 15 is 0 Å². The molecule has 0 atom stereocenters. The van der Waals surface area contributed by atoms with Gasteiger partial charge in [0.15, 0.2) is 0 Å². The highest BCUT2D eigenvalue weighted by Crippen LogP contribution is 2.30. The predicted octanol–water partition coefficient (Wildman–Crippen LogP) is 1.72. The summed E-state index contributed by atoms with van der Waals surface area (Å²) < 4.78 is 0. The van der Waals surface area contributed by atoms with E-state index in [2.05, 4.69) is 20.8 Å². The highest BCUT2D eigenvalue weighted by atomic mass is 16.2. The zero-order valence-electron chi connectivity index (χ0n) is 7.74. The minimum absolute atomic E-state index is 0.181. The van der Waals surface area contributed by atoms with Gasteiger partial charge in [0, 0.05) is 0 Å². The number of hydrogen-bond donors (Lipinski definition) is 3. The van der Waals surface area contributed by atoms with Crippen molar-refractivity contribution in [1.29, 1.82) is 0 Å². The van der Waals surface area contributed by atoms with Crippen LogP contribution in [0.25, 0.3) is 0 Å².